The highest BCUT2D eigenvalue weighted by atomic mass is 79.9. The lowest BCUT2D eigenvalue weighted by Crippen LogP contribution is -2.12. The molecule has 0 aliphatic heterocycles. The molecule has 0 radical (unpaired) electrons. The van der Waals surface area contributed by atoms with Crippen molar-refractivity contribution >= 4 is 27.6 Å². The zero-order valence-corrected chi connectivity index (χ0v) is 14.1. The maximum Gasteiger partial charge on any atom is 0.175 e. The molecule has 6 nitrogen and oxygen atoms in total. The number of amidine groups is 2. The van der Waals surface area contributed by atoms with Crippen molar-refractivity contribution in [1.29, 1.82) is 10.8 Å². The first-order chi connectivity index (χ1) is 10.9. The van der Waals surface area contributed by atoms with Crippen LogP contribution in [0.15, 0.2) is 40.9 Å². The van der Waals surface area contributed by atoms with E-state index < -0.39 is 0 Å². The molecule has 0 amide bonds. The molecule has 0 saturated heterocycles. The molecule has 0 aliphatic rings. The summed E-state index contributed by atoms with van der Waals surface area (Å²) in [6, 6.07) is 10.6. The summed E-state index contributed by atoms with van der Waals surface area (Å²) in [5.41, 5.74) is 13.0. The Morgan fingerprint density at radius 3 is 2.39 bits per heavy atom. The van der Waals surface area contributed by atoms with E-state index >= 15 is 0 Å². The number of nitrogens with two attached hydrogens (primary N) is 2. The van der Waals surface area contributed by atoms with Crippen LogP contribution in [0.25, 0.3) is 0 Å². The van der Waals surface area contributed by atoms with E-state index in [1.165, 1.54) is 7.11 Å². The predicted molar refractivity (Wildman–Crippen MR) is 93.5 cm³/mol. The third-order valence-corrected chi connectivity index (χ3v) is 3.75. The first-order valence-electron chi connectivity index (χ1n) is 6.70. The topological polar surface area (TPSA) is 118 Å². The summed E-state index contributed by atoms with van der Waals surface area (Å²) in [7, 11) is 1.52. The molecule has 2 rings (SSSR count). The molecule has 0 bridgehead atoms. The van der Waals surface area contributed by atoms with Crippen LogP contribution >= 0.6 is 15.9 Å². The summed E-state index contributed by atoms with van der Waals surface area (Å²) in [6.45, 7) is 0.287. The lowest BCUT2D eigenvalue weighted by molar-refractivity contribution is 0.282. The fourth-order valence-electron chi connectivity index (χ4n) is 2.00. The van der Waals surface area contributed by atoms with Gasteiger partial charge in [-0.3, -0.25) is 10.8 Å². The van der Waals surface area contributed by atoms with Crippen molar-refractivity contribution in [3.05, 3.63) is 57.6 Å². The molecule has 0 saturated carbocycles. The smallest absolute Gasteiger partial charge is 0.175 e. The van der Waals surface area contributed by atoms with Gasteiger partial charge in [0.25, 0.3) is 0 Å². The molecule has 0 fully saturated rings. The second-order valence-electron chi connectivity index (χ2n) is 4.81. The fourth-order valence-corrected chi connectivity index (χ4v) is 2.56. The lowest BCUT2D eigenvalue weighted by atomic mass is 10.1. The zero-order valence-electron chi connectivity index (χ0n) is 12.5. The van der Waals surface area contributed by atoms with Gasteiger partial charge in [0.15, 0.2) is 11.5 Å². The maximum absolute atomic E-state index is 7.50. The van der Waals surface area contributed by atoms with Crippen molar-refractivity contribution in [2.45, 2.75) is 6.61 Å². The van der Waals surface area contributed by atoms with Crippen molar-refractivity contribution in [3.63, 3.8) is 0 Å². The third kappa shape index (κ3) is 4.01. The molecule has 0 aliphatic carbocycles. The Morgan fingerprint density at radius 2 is 1.78 bits per heavy atom. The largest absolute Gasteiger partial charge is 0.493 e. The van der Waals surface area contributed by atoms with E-state index in [0.717, 1.165) is 5.56 Å². The number of methoxy groups -OCH3 is 1. The Hall–Kier alpha value is -2.54. The first-order valence-corrected chi connectivity index (χ1v) is 7.49. The molecular weight excluding hydrogens is 360 g/mol. The second kappa shape index (κ2) is 7.15. The standard InChI is InChI=1S/C16H17BrN4O2/c1-22-13-7-11(16(20)21)6-12(17)14(13)23-8-9-3-2-4-10(5-9)15(18)19/h2-7H,8H2,1H3,(H3,18,19)(H3,20,21). The van der Waals surface area contributed by atoms with Gasteiger partial charge < -0.3 is 20.9 Å². The SMILES string of the molecule is COc1cc(C(=N)N)cc(Br)c1OCc1cccc(C(=N)N)c1. The minimum atomic E-state index is -0.0512. The van der Waals surface area contributed by atoms with Gasteiger partial charge in [0.1, 0.15) is 18.3 Å². The van der Waals surface area contributed by atoms with Crippen LogP contribution in [0.4, 0.5) is 0 Å². The number of hydrogen-bond acceptors (Lipinski definition) is 4. The van der Waals surface area contributed by atoms with Crippen LogP contribution in [-0.4, -0.2) is 18.8 Å². The molecule has 0 heterocycles. The van der Waals surface area contributed by atoms with E-state index in [1.54, 1.807) is 24.3 Å². The zero-order chi connectivity index (χ0) is 17.0. The minimum absolute atomic E-state index is 0.0106. The van der Waals surface area contributed by atoms with E-state index in [2.05, 4.69) is 15.9 Å². The van der Waals surface area contributed by atoms with Crippen LogP contribution in [0.1, 0.15) is 16.7 Å². The molecular formula is C16H17BrN4O2. The Balaban J connectivity index is 2.25. The number of nitrogen functional groups attached to an aromatic ring is 2. The van der Waals surface area contributed by atoms with Crippen LogP contribution in [0.2, 0.25) is 0 Å². The highest BCUT2D eigenvalue weighted by Gasteiger charge is 2.13. The van der Waals surface area contributed by atoms with Gasteiger partial charge in [0.05, 0.1) is 11.6 Å². The minimum Gasteiger partial charge on any atom is -0.493 e. The van der Waals surface area contributed by atoms with Gasteiger partial charge in [-0.05, 0) is 39.7 Å². The van der Waals surface area contributed by atoms with Gasteiger partial charge in [0.2, 0.25) is 0 Å². The van der Waals surface area contributed by atoms with Crippen LogP contribution < -0.4 is 20.9 Å². The molecule has 6 N–H and O–H groups in total. The Kier molecular flexibility index (Phi) is 5.23. The van der Waals surface area contributed by atoms with Gasteiger partial charge in [-0.2, -0.15) is 0 Å². The van der Waals surface area contributed by atoms with Crippen molar-refractivity contribution in [2.24, 2.45) is 11.5 Å². The summed E-state index contributed by atoms with van der Waals surface area (Å²) in [6.07, 6.45) is 0. The molecule has 0 aromatic heterocycles. The van der Waals surface area contributed by atoms with Gasteiger partial charge in [-0.15, -0.1) is 0 Å². The summed E-state index contributed by atoms with van der Waals surface area (Å²) in [5.74, 6) is 0.958. The highest BCUT2D eigenvalue weighted by molar-refractivity contribution is 9.10. The number of hydrogen-bond donors (Lipinski definition) is 4. The molecule has 0 spiro atoms. The van der Waals surface area contributed by atoms with Crippen LogP contribution in [0.5, 0.6) is 11.5 Å². The molecule has 23 heavy (non-hydrogen) atoms. The maximum atomic E-state index is 7.50. The number of halogens is 1. The normalized spacial score (nSPS) is 10.2. The number of nitrogens with one attached hydrogen (secondary N) is 2. The number of ether oxygens (including phenoxy) is 2. The molecule has 120 valence electrons. The van der Waals surface area contributed by atoms with Crippen molar-refractivity contribution in [1.82, 2.24) is 0 Å². The average molecular weight is 377 g/mol. The summed E-state index contributed by atoms with van der Waals surface area (Å²) < 4.78 is 11.8. The van der Waals surface area contributed by atoms with Gasteiger partial charge in [-0.25, -0.2) is 0 Å². The second-order valence-corrected chi connectivity index (χ2v) is 5.66. The Labute approximate surface area is 142 Å². The summed E-state index contributed by atoms with van der Waals surface area (Å²) in [4.78, 5) is 0. The highest BCUT2D eigenvalue weighted by Crippen LogP contribution is 2.37. The number of benzene rings is 2. The molecule has 0 atom stereocenters. The van der Waals surface area contributed by atoms with Crippen molar-refractivity contribution in [2.75, 3.05) is 7.11 Å². The monoisotopic (exact) mass is 376 g/mol. The molecule has 0 unspecified atom stereocenters. The van der Waals surface area contributed by atoms with Crippen LogP contribution in [0.3, 0.4) is 0 Å². The van der Waals surface area contributed by atoms with Crippen molar-refractivity contribution < 1.29 is 9.47 Å². The fraction of sp³-hybridized carbons (Fsp3) is 0.125. The Morgan fingerprint density at radius 1 is 1.09 bits per heavy atom. The average Bonchev–Trinajstić information content (AvgIpc) is 2.53. The summed E-state index contributed by atoms with van der Waals surface area (Å²) in [5, 5.41) is 15.0. The van der Waals surface area contributed by atoms with Gasteiger partial charge >= 0.3 is 0 Å². The lowest BCUT2D eigenvalue weighted by Gasteiger charge is -2.14. The Bertz CT molecular complexity index is 762. The first kappa shape index (κ1) is 16.8. The molecule has 2 aromatic carbocycles. The summed E-state index contributed by atoms with van der Waals surface area (Å²) >= 11 is 3.41. The van der Waals surface area contributed by atoms with Crippen LogP contribution in [0, 0.1) is 10.8 Å². The van der Waals surface area contributed by atoms with E-state index in [9.17, 15) is 0 Å². The molecule has 2 aromatic rings. The third-order valence-electron chi connectivity index (χ3n) is 3.16. The van der Waals surface area contributed by atoms with E-state index in [-0.39, 0.29) is 18.3 Å². The van der Waals surface area contributed by atoms with E-state index in [4.69, 9.17) is 31.8 Å². The van der Waals surface area contributed by atoms with Gasteiger partial charge in [-0.1, -0.05) is 18.2 Å². The van der Waals surface area contributed by atoms with Crippen LogP contribution in [-0.2, 0) is 6.61 Å². The quantitative estimate of drug-likeness (QED) is 0.457. The number of rotatable bonds is 6. The van der Waals surface area contributed by atoms with E-state index in [1.807, 2.05) is 12.1 Å². The van der Waals surface area contributed by atoms with Crippen molar-refractivity contribution in [3.8, 4) is 11.5 Å². The van der Waals surface area contributed by atoms with Gasteiger partial charge in [0, 0.05) is 11.1 Å². The molecule has 7 heteroatoms. The predicted octanol–water partition coefficient (Wildman–Crippen LogP) is 2.60. The van der Waals surface area contributed by atoms with E-state index in [0.29, 0.717) is 27.1 Å².